The minimum atomic E-state index is -4.95. The van der Waals surface area contributed by atoms with Crippen LogP contribution >= 0.6 is 15.6 Å². The van der Waals surface area contributed by atoms with Crippen LogP contribution in [0.5, 0.6) is 0 Å². The minimum absolute atomic E-state index is 0.105. The Morgan fingerprint density at radius 1 is 0.314 bits per heavy atom. The first kappa shape index (κ1) is 84.1. The van der Waals surface area contributed by atoms with E-state index < -0.39 is 97.5 Å². The fourth-order valence-electron chi connectivity index (χ4n) is 10.1. The average molecular weight is 1270 g/mol. The maximum Gasteiger partial charge on any atom is 0.472 e. The van der Waals surface area contributed by atoms with Gasteiger partial charge in [0.2, 0.25) is 0 Å². The fraction of sp³-hybridized carbons (Fsp3) is 0.940. The number of carbonyl (C=O) groups is 4. The van der Waals surface area contributed by atoms with Gasteiger partial charge in [0, 0.05) is 25.7 Å². The molecule has 0 aromatic rings. The second kappa shape index (κ2) is 59.4. The Morgan fingerprint density at radius 2 is 0.535 bits per heavy atom. The van der Waals surface area contributed by atoms with Crippen LogP contribution in [0.25, 0.3) is 0 Å². The predicted octanol–water partition coefficient (Wildman–Crippen LogP) is 18.8. The maximum atomic E-state index is 13.0. The number of phosphoric ester groups is 2. The number of aliphatic hydroxyl groups excluding tert-OH is 1. The Bertz CT molecular complexity index is 1680. The second-order valence-corrected chi connectivity index (χ2v) is 28.1. The van der Waals surface area contributed by atoms with Gasteiger partial charge in [0.25, 0.3) is 0 Å². The molecule has 19 heteroatoms. The Labute approximate surface area is 524 Å². The highest BCUT2D eigenvalue weighted by atomic mass is 31.2. The van der Waals surface area contributed by atoms with Gasteiger partial charge in [0.15, 0.2) is 12.2 Å². The van der Waals surface area contributed by atoms with E-state index in [1.165, 1.54) is 148 Å². The summed E-state index contributed by atoms with van der Waals surface area (Å²) in [6, 6.07) is 0. The van der Waals surface area contributed by atoms with E-state index in [2.05, 4.69) is 41.5 Å². The monoisotopic (exact) mass is 1270 g/mol. The summed E-state index contributed by atoms with van der Waals surface area (Å²) >= 11 is 0. The largest absolute Gasteiger partial charge is 0.472 e. The Hall–Kier alpha value is -1.94. The first-order chi connectivity index (χ1) is 41.4. The van der Waals surface area contributed by atoms with Crippen molar-refractivity contribution in [2.45, 2.75) is 355 Å². The quantitative estimate of drug-likeness (QED) is 0.0222. The Morgan fingerprint density at radius 3 is 0.791 bits per heavy atom. The molecule has 0 spiro atoms. The molecule has 0 aliphatic carbocycles. The highest BCUT2D eigenvalue weighted by Gasteiger charge is 2.30. The molecule has 0 heterocycles. The van der Waals surface area contributed by atoms with E-state index in [-0.39, 0.29) is 25.7 Å². The Kier molecular flexibility index (Phi) is 58.0. The molecule has 0 saturated heterocycles. The normalized spacial score (nSPS) is 14.2. The molecule has 3 N–H and O–H groups in total. The lowest BCUT2D eigenvalue weighted by molar-refractivity contribution is -0.161. The van der Waals surface area contributed by atoms with Crippen LogP contribution in [0, 0.1) is 11.8 Å². The highest BCUT2D eigenvalue weighted by molar-refractivity contribution is 7.47. The van der Waals surface area contributed by atoms with Crippen molar-refractivity contribution in [2.24, 2.45) is 11.8 Å². The number of unbranched alkanes of at least 4 members (excludes halogenated alkanes) is 36. The van der Waals surface area contributed by atoms with Gasteiger partial charge >= 0.3 is 39.5 Å². The van der Waals surface area contributed by atoms with E-state index in [4.69, 9.17) is 37.0 Å². The van der Waals surface area contributed by atoms with Gasteiger partial charge < -0.3 is 33.8 Å². The summed E-state index contributed by atoms with van der Waals surface area (Å²) in [6.07, 6.45) is 43.4. The van der Waals surface area contributed by atoms with Crippen molar-refractivity contribution in [3.63, 3.8) is 0 Å². The first-order valence-corrected chi connectivity index (χ1v) is 38.0. The molecular weight excluding hydrogens is 1140 g/mol. The van der Waals surface area contributed by atoms with Gasteiger partial charge in [-0.3, -0.25) is 37.3 Å². The summed E-state index contributed by atoms with van der Waals surface area (Å²) in [5.41, 5.74) is 0. The van der Waals surface area contributed by atoms with Crippen molar-refractivity contribution >= 4 is 39.5 Å². The van der Waals surface area contributed by atoms with Crippen molar-refractivity contribution < 1.29 is 80.2 Å². The van der Waals surface area contributed by atoms with Gasteiger partial charge in [-0.25, -0.2) is 9.13 Å². The van der Waals surface area contributed by atoms with Crippen LogP contribution in [-0.4, -0.2) is 96.7 Å². The molecule has 5 atom stereocenters. The fourth-order valence-corrected chi connectivity index (χ4v) is 11.6. The van der Waals surface area contributed by atoms with Crippen LogP contribution in [0.2, 0.25) is 0 Å². The predicted molar refractivity (Wildman–Crippen MR) is 345 cm³/mol. The number of carbonyl (C=O) groups excluding carboxylic acids is 4. The van der Waals surface area contributed by atoms with Crippen LogP contribution in [0.15, 0.2) is 0 Å². The standard InChI is InChI=1S/C67H130O17P2/c1-7-9-11-13-14-25-33-39-45-51-66(71)83-62(55-77-64(69)49-43-35-12-10-8-2)57-81-85(73,74)79-53-61(68)54-80-86(75,76)82-58-63(84-67(72)52-46-40-34-29-24-20-16-18-22-27-31-37-42-48-60(5)6)56-78-65(70)50-44-38-32-28-23-19-15-17-21-26-30-36-41-47-59(3)4/h59-63,68H,7-58H2,1-6H3,(H,73,74)(H,75,76)/t61-,62+,63+/m0/s1. The number of hydrogen-bond donors (Lipinski definition) is 3. The zero-order valence-corrected chi connectivity index (χ0v) is 57.4. The van der Waals surface area contributed by atoms with Gasteiger partial charge in [-0.1, -0.05) is 286 Å². The van der Waals surface area contributed by atoms with E-state index in [9.17, 15) is 43.2 Å². The van der Waals surface area contributed by atoms with Crippen LogP contribution in [0.4, 0.5) is 0 Å². The van der Waals surface area contributed by atoms with Gasteiger partial charge in [-0.15, -0.1) is 0 Å². The number of rotatable bonds is 66. The number of ether oxygens (including phenoxy) is 4. The van der Waals surface area contributed by atoms with Crippen LogP contribution in [0.3, 0.4) is 0 Å². The third-order valence-corrected chi connectivity index (χ3v) is 17.4. The molecule has 86 heavy (non-hydrogen) atoms. The molecule has 0 rings (SSSR count). The number of aliphatic hydroxyl groups is 1. The molecule has 2 unspecified atom stereocenters. The van der Waals surface area contributed by atoms with E-state index in [0.717, 1.165) is 108 Å². The number of esters is 4. The molecule has 0 aliphatic heterocycles. The van der Waals surface area contributed by atoms with Gasteiger partial charge in [-0.05, 0) is 37.5 Å². The third kappa shape index (κ3) is 60.9. The van der Waals surface area contributed by atoms with Crippen LogP contribution in [-0.2, 0) is 65.4 Å². The van der Waals surface area contributed by atoms with Crippen molar-refractivity contribution in [3.8, 4) is 0 Å². The van der Waals surface area contributed by atoms with Crippen molar-refractivity contribution in [3.05, 3.63) is 0 Å². The van der Waals surface area contributed by atoms with E-state index in [1.54, 1.807) is 0 Å². The zero-order valence-electron chi connectivity index (χ0n) is 55.6. The Balaban J connectivity index is 5.15. The third-order valence-electron chi connectivity index (χ3n) is 15.5. The van der Waals surface area contributed by atoms with E-state index in [0.29, 0.717) is 25.7 Å². The molecule has 510 valence electrons. The summed E-state index contributed by atoms with van der Waals surface area (Å²) in [5.74, 6) is -0.563. The lowest BCUT2D eigenvalue weighted by Crippen LogP contribution is -2.30. The SMILES string of the molecule is CCCCCCCCCCCC(=O)O[C@H](COC(=O)CCCCCCC)COP(=O)(O)OC[C@H](O)COP(=O)(O)OC[C@@H](COC(=O)CCCCCCCCCCCCCCCC(C)C)OC(=O)CCCCCCCCCCCCCCCC(C)C. The molecule has 0 aliphatic rings. The summed E-state index contributed by atoms with van der Waals surface area (Å²) in [4.78, 5) is 72.1. The zero-order chi connectivity index (χ0) is 63.6. The molecule has 0 aromatic carbocycles. The maximum absolute atomic E-state index is 13.0. The lowest BCUT2D eigenvalue weighted by Gasteiger charge is -2.21. The summed E-state index contributed by atoms with van der Waals surface area (Å²) in [6.45, 7) is 9.45. The van der Waals surface area contributed by atoms with Gasteiger partial charge in [-0.2, -0.15) is 0 Å². The molecule has 17 nitrogen and oxygen atoms in total. The highest BCUT2D eigenvalue weighted by Crippen LogP contribution is 2.45. The molecule has 0 fully saturated rings. The molecule has 0 radical (unpaired) electrons. The van der Waals surface area contributed by atoms with Crippen LogP contribution < -0.4 is 0 Å². The topological polar surface area (TPSA) is 237 Å². The van der Waals surface area contributed by atoms with E-state index >= 15 is 0 Å². The smallest absolute Gasteiger partial charge is 0.462 e. The summed E-state index contributed by atoms with van der Waals surface area (Å²) < 4.78 is 67.9. The molecule has 0 aromatic heterocycles. The van der Waals surface area contributed by atoms with E-state index in [1.807, 2.05) is 0 Å². The summed E-state index contributed by atoms with van der Waals surface area (Å²) in [5, 5.41) is 10.5. The number of phosphoric acid groups is 2. The lowest BCUT2D eigenvalue weighted by atomic mass is 10.0. The van der Waals surface area contributed by atoms with Crippen LogP contribution in [0.1, 0.15) is 337 Å². The molecule has 0 bridgehead atoms. The molecular formula is C67H130O17P2. The van der Waals surface area contributed by atoms with Crippen molar-refractivity contribution in [1.29, 1.82) is 0 Å². The van der Waals surface area contributed by atoms with Gasteiger partial charge in [0.1, 0.15) is 19.3 Å². The minimum Gasteiger partial charge on any atom is -0.462 e. The number of hydrogen-bond acceptors (Lipinski definition) is 15. The van der Waals surface area contributed by atoms with Crippen molar-refractivity contribution in [1.82, 2.24) is 0 Å². The first-order valence-electron chi connectivity index (χ1n) is 35.0. The van der Waals surface area contributed by atoms with Crippen molar-refractivity contribution in [2.75, 3.05) is 39.6 Å². The average Bonchev–Trinajstić information content (AvgIpc) is 3.57. The molecule has 0 saturated carbocycles. The van der Waals surface area contributed by atoms with Gasteiger partial charge in [0.05, 0.1) is 26.4 Å². The summed E-state index contributed by atoms with van der Waals surface area (Å²) in [7, 11) is -9.88. The second-order valence-electron chi connectivity index (χ2n) is 25.2. The molecule has 0 amide bonds.